The molecule has 3 rings (SSSR count). The van der Waals surface area contributed by atoms with Crippen LogP contribution in [0.25, 0.3) is 0 Å². The number of aliphatic carboxylic acids is 1. The first kappa shape index (κ1) is 11.5. The van der Waals surface area contributed by atoms with Crippen LogP contribution in [0.2, 0.25) is 0 Å². The number of ketones is 1. The number of fused-ring (bicyclic) bond motifs is 1. The maximum atomic E-state index is 12.2. The Morgan fingerprint density at radius 1 is 1.39 bits per heavy atom. The van der Waals surface area contributed by atoms with Crippen LogP contribution in [0.15, 0.2) is 30.3 Å². The summed E-state index contributed by atoms with van der Waals surface area (Å²) in [5, 5.41) is 9.29. The molecule has 2 saturated carbocycles. The van der Waals surface area contributed by atoms with E-state index in [0.29, 0.717) is 6.42 Å². The number of hydrogen-bond donors (Lipinski definition) is 1. The lowest BCUT2D eigenvalue weighted by atomic mass is 9.80. The Hall–Kier alpha value is -1.64. The summed E-state index contributed by atoms with van der Waals surface area (Å²) in [4.78, 5) is 23.5. The molecule has 1 N–H and O–H groups in total. The summed E-state index contributed by atoms with van der Waals surface area (Å²) in [7, 11) is 0. The first-order chi connectivity index (χ1) is 8.60. The fourth-order valence-corrected chi connectivity index (χ4v) is 4.00. The monoisotopic (exact) mass is 244 g/mol. The van der Waals surface area contributed by atoms with Crippen molar-refractivity contribution in [3.63, 3.8) is 0 Å². The van der Waals surface area contributed by atoms with Crippen LogP contribution in [0.3, 0.4) is 0 Å². The molecule has 94 valence electrons. The molecule has 3 nitrogen and oxygen atoms in total. The van der Waals surface area contributed by atoms with E-state index in [1.807, 2.05) is 37.3 Å². The minimum absolute atomic E-state index is 0.000185. The molecule has 1 unspecified atom stereocenters. The van der Waals surface area contributed by atoms with E-state index in [2.05, 4.69) is 0 Å². The molecule has 1 aromatic rings. The van der Waals surface area contributed by atoms with E-state index in [9.17, 15) is 14.7 Å². The van der Waals surface area contributed by atoms with E-state index in [1.165, 1.54) is 0 Å². The van der Waals surface area contributed by atoms with Gasteiger partial charge in [-0.1, -0.05) is 37.3 Å². The van der Waals surface area contributed by atoms with Crippen LogP contribution >= 0.6 is 0 Å². The molecule has 0 saturated heterocycles. The van der Waals surface area contributed by atoms with Crippen molar-refractivity contribution in [1.29, 1.82) is 0 Å². The van der Waals surface area contributed by atoms with Crippen LogP contribution in [0.4, 0.5) is 0 Å². The molecule has 0 aromatic heterocycles. The number of carbonyl (C=O) groups is 2. The zero-order valence-electron chi connectivity index (χ0n) is 10.3. The molecule has 18 heavy (non-hydrogen) atoms. The van der Waals surface area contributed by atoms with Crippen molar-refractivity contribution < 1.29 is 14.7 Å². The van der Waals surface area contributed by atoms with Gasteiger partial charge in [0.25, 0.3) is 0 Å². The molecule has 0 amide bonds. The summed E-state index contributed by atoms with van der Waals surface area (Å²) in [5.74, 6) is -1.07. The number of rotatable bonds is 3. The van der Waals surface area contributed by atoms with E-state index >= 15 is 0 Å². The number of carboxylic acids is 1. The molecular weight excluding hydrogens is 228 g/mol. The highest BCUT2D eigenvalue weighted by Crippen LogP contribution is 2.72. The van der Waals surface area contributed by atoms with Crippen molar-refractivity contribution in [2.45, 2.75) is 25.7 Å². The highest BCUT2D eigenvalue weighted by Gasteiger charge is 2.76. The lowest BCUT2D eigenvalue weighted by Gasteiger charge is -2.22. The molecule has 4 atom stereocenters. The minimum Gasteiger partial charge on any atom is -0.481 e. The molecule has 1 aromatic carbocycles. The van der Waals surface area contributed by atoms with Gasteiger partial charge in [0.2, 0.25) is 0 Å². The summed E-state index contributed by atoms with van der Waals surface area (Å²) in [5.41, 5.74) is 0.453. The van der Waals surface area contributed by atoms with E-state index in [0.717, 1.165) is 12.0 Å². The largest absolute Gasteiger partial charge is 0.481 e. The Labute approximate surface area is 106 Å². The summed E-state index contributed by atoms with van der Waals surface area (Å²) >= 11 is 0. The first-order valence-corrected chi connectivity index (χ1v) is 6.41. The van der Waals surface area contributed by atoms with Crippen LogP contribution in [0.1, 0.15) is 31.2 Å². The standard InChI is InChI=1S/C15H16O3/c1-9(10-5-3-2-4-6-10)15-11(7-8-12(15)16)13(15)14(17)18/h2-6,9,11,13H,7-8H2,1H3,(H,17,18)/t9?,11-,13-,15+/m0/s1. The Morgan fingerprint density at radius 2 is 2.06 bits per heavy atom. The second-order valence-corrected chi connectivity index (χ2v) is 5.45. The molecular formula is C15H16O3. The fourth-order valence-electron chi connectivity index (χ4n) is 4.00. The minimum atomic E-state index is -0.809. The van der Waals surface area contributed by atoms with Gasteiger partial charge in [0.15, 0.2) is 0 Å². The topological polar surface area (TPSA) is 54.4 Å². The van der Waals surface area contributed by atoms with E-state index in [1.54, 1.807) is 0 Å². The fraction of sp³-hybridized carbons (Fsp3) is 0.467. The smallest absolute Gasteiger partial charge is 0.307 e. The Morgan fingerprint density at radius 3 is 2.61 bits per heavy atom. The molecule has 0 bridgehead atoms. The third-order valence-corrected chi connectivity index (χ3v) is 4.87. The molecule has 2 fully saturated rings. The lowest BCUT2D eigenvalue weighted by Crippen LogP contribution is -2.25. The average Bonchev–Trinajstić information content (AvgIpc) is 2.96. The van der Waals surface area contributed by atoms with Gasteiger partial charge in [-0.15, -0.1) is 0 Å². The Balaban J connectivity index is 1.99. The highest BCUT2D eigenvalue weighted by molar-refractivity contribution is 5.99. The molecule has 0 radical (unpaired) electrons. The van der Waals surface area contributed by atoms with Crippen LogP contribution in [0.5, 0.6) is 0 Å². The lowest BCUT2D eigenvalue weighted by molar-refractivity contribution is -0.142. The molecule has 0 aliphatic heterocycles. The van der Waals surface area contributed by atoms with Crippen LogP contribution in [0, 0.1) is 17.3 Å². The van der Waals surface area contributed by atoms with E-state index in [-0.39, 0.29) is 17.6 Å². The third kappa shape index (κ3) is 1.25. The number of hydrogen-bond acceptors (Lipinski definition) is 2. The molecule has 0 spiro atoms. The zero-order valence-corrected chi connectivity index (χ0v) is 10.3. The molecule has 2 aliphatic rings. The van der Waals surface area contributed by atoms with E-state index < -0.39 is 17.3 Å². The van der Waals surface area contributed by atoms with Gasteiger partial charge in [-0.2, -0.15) is 0 Å². The molecule has 2 aliphatic carbocycles. The zero-order chi connectivity index (χ0) is 12.9. The second kappa shape index (κ2) is 3.67. The van der Waals surface area contributed by atoms with Crippen LogP contribution < -0.4 is 0 Å². The van der Waals surface area contributed by atoms with Crippen molar-refractivity contribution in [2.24, 2.45) is 17.3 Å². The summed E-state index contributed by atoms with van der Waals surface area (Å²) in [6.07, 6.45) is 1.29. The predicted octanol–water partition coefficient (Wildman–Crippen LogP) is 2.47. The number of carboxylic acid groups (broad SMARTS) is 1. The van der Waals surface area contributed by atoms with Gasteiger partial charge in [0.05, 0.1) is 11.3 Å². The van der Waals surface area contributed by atoms with Gasteiger partial charge in [-0.25, -0.2) is 0 Å². The number of carbonyl (C=O) groups excluding carboxylic acids is 1. The van der Waals surface area contributed by atoms with Gasteiger partial charge < -0.3 is 5.11 Å². The third-order valence-electron chi connectivity index (χ3n) is 4.87. The SMILES string of the molecule is CC(c1ccccc1)[C@]12C(=O)CC[C@H]1[C@H]2C(=O)O. The quantitative estimate of drug-likeness (QED) is 0.888. The van der Waals surface area contributed by atoms with Gasteiger partial charge in [-0.05, 0) is 23.8 Å². The van der Waals surface area contributed by atoms with E-state index in [4.69, 9.17) is 0 Å². The molecule has 0 heterocycles. The summed E-state index contributed by atoms with van der Waals surface area (Å²) < 4.78 is 0. The van der Waals surface area contributed by atoms with Gasteiger partial charge >= 0.3 is 5.97 Å². The van der Waals surface area contributed by atoms with Crippen LogP contribution in [-0.2, 0) is 9.59 Å². The predicted molar refractivity (Wildman–Crippen MR) is 66.1 cm³/mol. The van der Waals surface area contributed by atoms with Gasteiger partial charge in [-0.3, -0.25) is 9.59 Å². The second-order valence-electron chi connectivity index (χ2n) is 5.45. The maximum absolute atomic E-state index is 12.2. The van der Waals surface area contributed by atoms with Gasteiger partial charge in [0, 0.05) is 6.42 Å². The highest BCUT2D eigenvalue weighted by atomic mass is 16.4. The Bertz CT molecular complexity index is 508. The van der Waals surface area contributed by atoms with Crippen molar-refractivity contribution in [3.05, 3.63) is 35.9 Å². The van der Waals surface area contributed by atoms with Crippen molar-refractivity contribution in [1.82, 2.24) is 0 Å². The van der Waals surface area contributed by atoms with Crippen molar-refractivity contribution in [3.8, 4) is 0 Å². The van der Waals surface area contributed by atoms with Gasteiger partial charge in [0.1, 0.15) is 5.78 Å². The Kier molecular flexibility index (Phi) is 2.34. The number of benzene rings is 1. The summed E-state index contributed by atoms with van der Waals surface area (Å²) in [6, 6.07) is 9.78. The van der Waals surface area contributed by atoms with Crippen molar-refractivity contribution in [2.75, 3.05) is 0 Å². The normalized spacial score (nSPS) is 35.1. The summed E-state index contributed by atoms with van der Waals surface area (Å²) in [6.45, 7) is 1.99. The van der Waals surface area contributed by atoms with Crippen molar-refractivity contribution >= 4 is 11.8 Å². The average molecular weight is 244 g/mol. The van der Waals surface area contributed by atoms with Crippen LogP contribution in [-0.4, -0.2) is 16.9 Å². The maximum Gasteiger partial charge on any atom is 0.307 e. The first-order valence-electron chi connectivity index (χ1n) is 6.41. The number of Topliss-reactive ketones (excluding diaryl/α,β-unsaturated/α-hetero) is 1. The molecule has 3 heteroatoms.